The van der Waals surface area contributed by atoms with E-state index in [0.717, 1.165) is 81.7 Å². The first-order chi connectivity index (χ1) is 14.6. The minimum atomic E-state index is -0.312. The van der Waals surface area contributed by atoms with Crippen molar-refractivity contribution in [3.05, 3.63) is 34.2 Å². The molecule has 32 heavy (non-hydrogen) atoms. The molecule has 178 valence electrons. The van der Waals surface area contributed by atoms with Crippen LogP contribution in [0.2, 0.25) is 0 Å². The molecule has 0 spiro atoms. The number of halogens is 2. The van der Waals surface area contributed by atoms with Gasteiger partial charge in [-0.25, -0.2) is 4.79 Å². The van der Waals surface area contributed by atoms with Crippen LogP contribution in [0.1, 0.15) is 31.2 Å². The molecular weight excluding hydrogens is 453 g/mol. The summed E-state index contributed by atoms with van der Waals surface area (Å²) in [7, 11) is 0. The molecule has 1 aromatic carbocycles. The largest absolute Gasteiger partial charge is 0.379 e. The lowest BCUT2D eigenvalue weighted by Crippen LogP contribution is -2.60. The number of benzene rings is 1. The Morgan fingerprint density at radius 2 is 1.94 bits per heavy atom. The number of carbonyl (C=O) groups excluding carboxylic acids is 1. The van der Waals surface area contributed by atoms with Crippen LogP contribution in [-0.2, 0) is 16.1 Å². The Morgan fingerprint density at radius 1 is 1.16 bits per heavy atom. The predicted molar refractivity (Wildman–Crippen MR) is 129 cm³/mol. The van der Waals surface area contributed by atoms with Crippen LogP contribution in [0.5, 0.6) is 0 Å². The minimum Gasteiger partial charge on any atom is -0.379 e. The summed E-state index contributed by atoms with van der Waals surface area (Å²) in [5.74, 6) is 0.589. The highest BCUT2D eigenvalue weighted by Crippen LogP contribution is 2.46. The molecule has 5 rings (SSSR count). The smallest absolute Gasteiger partial charge is 0.323 e. The maximum absolute atomic E-state index is 13.4. The molecule has 2 aliphatic heterocycles. The highest BCUT2D eigenvalue weighted by molar-refractivity contribution is 5.85. The van der Waals surface area contributed by atoms with Crippen LogP contribution in [-0.4, -0.2) is 66.2 Å². The summed E-state index contributed by atoms with van der Waals surface area (Å²) in [6, 6.07) is 6.34. The molecule has 1 aliphatic carbocycles. The van der Waals surface area contributed by atoms with Crippen molar-refractivity contribution in [3.8, 4) is 0 Å². The number of morpholine rings is 1. The lowest BCUT2D eigenvalue weighted by molar-refractivity contribution is -0.140. The van der Waals surface area contributed by atoms with Gasteiger partial charge in [0.15, 0.2) is 0 Å². The zero-order valence-corrected chi connectivity index (χ0v) is 19.8. The quantitative estimate of drug-likeness (QED) is 0.528. The Morgan fingerprint density at radius 3 is 2.75 bits per heavy atom. The van der Waals surface area contributed by atoms with Crippen LogP contribution in [0, 0.1) is 11.3 Å². The van der Waals surface area contributed by atoms with Gasteiger partial charge in [-0.2, -0.15) is 0 Å². The van der Waals surface area contributed by atoms with Gasteiger partial charge in [-0.1, -0.05) is 6.07 Å². The van der Waals surface area contributed by atoms with Crippen molar-refractivity contribution in [1.82, 2.24) is 25.5 Å². The second-order valence-corrected chi connectivity index (χ2v) is 9.04. The highest BCUT2D eigenvalue weighted by atomic mass is 35.5. The van der Waals surface area contributed by atoms with E-state index in [2.05, 4.69) is 25.5 Å². The number of hydrogen-bond donors (Lipinski definition) is 4. The Bertz CT molecular complexity index is 974. The maximum Gasteiger partial charge on any atom is 0.323 e. The van der Waals surface area contributed by atoms with Gasteiger partial charge in [-0.15, -0.1) is 24.8 Å². The van der Waals surface area contributed by atoms with E-state index in [1.54, 1.807) is 0 Å². The molecule has 1 saturated carbocycles. The van der Waals surface area contributed by atoms with Gasteiger partial charge >= 0.3 is 5.69 Å². The summed E-state index contributed by atoms with van der Waals surface area (Å²) >= 11 is 0. The molecule has 8 nitrogen and oxygen atoms in total. The Balaban J connectivity index is 0.00000144. The van der Waals surface area contributed by atoms with E-state index in [-0.39, 0.29) is 41.8 Å². The standard InChI is InChI=1S/C22H31N5O3.2ClH/c28-20(24-13-15-1-2-18-19(11-15)26-21(29)25-18)22-5-3-17(27-7-9-30-10-8-27)12-16(22)4-6-23-14-22;;/h1-2,11,16-17,23H,3-10,12-14H2,(H,24,28)(H2,25,26,29);2*1H/t16-,17+,22-;;/m1../s1. The van der Waals surface area contributed by atoms with Crippen molar-refractivity contribution in [2.45, 2.75) is 38.3 Å². The average Bonchev–Trinajstić information content (AvgIpc) is 3.16. The summed E-state index contributed by atoms with van der Waals surface area (Å²) in [5, 5.41) is 6.70. The number of hydrogen-bond acceptors (Lipinski definition) is 5. The van der Waals surface area contributed by atoms with Crippen LogP contribution in [0.3, 0.4) is 0 Å². The zero-order chi connectivity index (χ0) is 20.6. The fourth-order valence-electron chi connectivity index (χ4n) is 5.72. The summed E-state index contributed by atoms with van der Waals surface area (Å²) in [6.07, 6.45) is 4.17. The van der Waals surface area contributed by atoms with Gasteiger partial charge in [0.05, 0.1) is 29.7 Å². The van der Waals surface area contributed by atoms with Gasteiger partial charge in [0, 0.05) is 32.2 Å². The number of aromatic nitrogens is 2. The fraction of sp³-hybridized carbons (Fsp3) is 0.636. The SMILES string of the molecule is Cl.Cl.O=C(NCc1ccc2[nH]c(=O)[nH]c2c1)[C@@]12CC[C@H](N3CCOCC3)C[C@H]1CCNC2. The molecule has 1 aromatic heterocycles. The number of amides is 1. The van der Waals surface area contributed by atoms with E-state index in [1.807, 2.05) is 18.2 Å². The average molecular weight is 486 g/mol. The van der Waals surface area contributed by atoms with Crippen LogP contribution in [0.4, 0.5) is 0 Å². The van der Waals surface area contributed by atoms with Crippen LogP contribution >= 0.6 is 24.8 Å². The molecule has 4 N–H and O–H groups in total. The second-order valence-electron chi connectivity index (χ2n) is 9.04. The molecular formula is C22H33Cl2N5O3. The first-order valence-corrected chi connectivity index (χ1v) is 11.2. The third kappa shape index (κ3) is 4.84. The molecule has 0 radical (unpaired) electrons. The summed E-state index contributed by atoms with van der Waals surface area (Å²) in [4.78, 5) is 33.0. The molecule has 3 heterocycles. The number of imidazole rings is 1. The Hall–Kier alpha value is -1.58. The van der Waals surface area contributed by atoms with Crippen LogP contribution in [0.15, 0.2) is 23.0 Å². The monoisotopic (exact) mass is 485 g/mol. The number of fused-ring (bicyclic) bond motifs is 2. The van der Waals surface area contributed by atoms with Crippen molar-refractivity contribution < 1.29 is 9.53 Å². The van der Waals surface area contributed by atoms with Crippen molar-refractivity contribution in [2.75, 3.05) is 39.4 Å². The van der Waals surface area contributed by atoms with E-state index in [1.165, 1.54) is 0 Å². The molecule has 3 fully saturated rings. The van der Waals surface area contributed by atoms with E-state index >= 15 is 0 Å². The van der Waals surface area contributed by atoms with E-state index in [0.29, 0.717) is 18.5 Å². The molecule has 3 aliphatic rings. The third-order valence-electron chi connectivity index (χ3n) is 7.42. The number of carbonyl (C=O) groups is 1. The first-order valence-electron chi connectivity index (χ1n) is 11.2. The molecule has 2 saturated heterocycles. The molecule has 2 aromatic rings. The van der Waals surface area contributed by atoms with E-state index in [9.17, 15) is 9.59 Å². The molecule has 0 bridgehead atoms. The summed E-state index contributed by atoms with van der Waals surface area (Å²) in [5.41, 5.74) is 2.02. The van der Waals surface area contributed by atoms with Gasteiger partial charge in [-0.05, 0) is 55.8 Å². The maximum atomic E-state index is 13.4. The summed E-state index contributed by atoms with van der Waals surface area (Å²) < 4.78 is 5.52. The van der Waals surface area contributed by atoms with Crippen LogP contribution in [0.25, 0.3) is 11.0 Å². The van der Waals surface area contributed by atoms with Crippen molar-refractivity contribution in [3.63, 3.8) is 0 Å². The van der Waals surface area contributed by atoms with E-state index in [4.69, 9.17) is 4.74 Å². The fourth-order valence-corrected chi connectivity index (χ4v) is 5.72. The number of aromatic amines is 2. The van der Waals surface area contributed by atoms with Gasteiger partial charge < -0.3 is 25.3 Å². The second kappa shape index (κ2) is 10.6. The number of H-pyrrole nitrogens is 2. The number of ether oxygens (including phenoxy) is 1. The minimum absolute atomic E-state index is 0. The van der Waals surface area contributed by atoms with Crippen LogP contribution < -0.4 is 16.3 Å². The Labute approximate surface area is 200 Å². The lowest BCUT2D eigenvalue weighted by Gasteiger charge is -2.50. The summed E-state index contributed by atoms with van der Waals surface area (Å²) in [6.45, 7) is 5.91. The molecule has 0 unspecified atom stereocenters. The number of nitrogens with zero attached hydrogens (tertiary/aromatic N) is 1. The number of rotatable bonds is 4. The topological polar surface area (TPSA) is 102 Å². The molecule has 1 amide bonds. The van der Waals surface area contributed by atoms with Gasteiger partial charge in [0.25, 0.3) is 0 Å². The first kappa shape index (κ1) is 25.1. The van der Waals surface area contributed by atoms with E-state index < -0.39 is 0 Å². The van der Waals surface area contributed by atoms with Crippen molar-refractivity contribution in [2.24, 2.45) is 11.3 Å². The van der Waals surface area contributed by atoms with Gasteiger partial charge in [0.2, 0.25) is 5.91 Å². The van der Waals surface area contributed by atoms with Crippen molar-refractivity contribution >= 4 is 41.8 Å². The van der Waals surface area contributed by atoms with Crippen molar-refractivity contribution in [1.29, 1.82) is 0 Å². The highest BCUT2D eigenvalue weighted by Gasteiger charge is 2.50. The van der Waals surface area contributed by atoms with Gasteiger partial charge in [-0.3, -0.25) is 9.69 Å². The zero-order valence-electron chi connectivity index (χ0n) is 18.2. The Kier molecular flexibility index (Phi) is 8.27. The molecule has 3 atom stereocenters. The lowest BCUT2D eigenvalue weighted by atomic mass is 9.61. The third-order valence-corrected chi connectivity index (χ3v) is 7.42. The molecule has 10 heteroatoms. The number of piperidine rings is 1. The normalized spacial score (nSPS) is 28.2. The predicted octanol–water partition coefficient (Wildman–Crippen LogP) is 1.80. The van der Waals surface area contributed by atoms with Gasteiger partial charge in [0.1, 0.15) is 0 Å². The number of nitrogens with one attached hydrogen (secondary N) is 4.